The van der Waals surface area contributed by atoms with E-state index in [-0.39, 0.29) is 0 Å². The minimum atomic E-state index is 0.589. The van der Waals surface area contributed by atoms with Gasteiger partial charge in [-0.2, -0.15) is 11.8 Å². The van der Waals surface area contributed by atoms with Crippen molar-refractivity contribution in [2.24, 2.45) is 16.6 Å². The zero-order valence-corrected chi connectivity index (χ0v) is 11.1. The highest BCUT2D eigenvalue weighted by atomic mass is 32.2. The Labute approximate surface area is 98.3 Å². The van der Waals surface area contributed by atoms with Gasteiger partial charge in [0.1, 0.15) is 0 Å². The smallest absolute Gasteiger partial charge is 0.188 e. The van der Waals surface area contributed by atoms with Crippen molar-refractivity contribution in [3.63, 3.8) is 0 Å². The zero-order valence-electron chi connectivity index (χ0n) is 10.3. The second-order valence-corrected chi connectivity index (χ2v) is 5.17. The highest BCUT2D eigenvalue weighted by Gasteiger charge is 1.94. The zero-order chi connectivity index (χ0) is 11.5. The Morgan fingerprint density at radius 1 is 1.47 bits per heavy atom. The maximum absolute atomic E-state index is 5.65. The van der Waals surface area contributed by atoms with Crippen molar-refractivity contribution in [3.8, 4) is 0 Å². The van der Waals surface area contributed by atoms with Crippen LogP contribution in [0.1, 0.15) is 33.6 Å². The molecule has 3 nitrogen and oxygen atoms in total. The van der Waals surface area contributed by atoms with Gasteiger partial charge in [0.25, 0.3) is 0 Å². The molecule has 15 heavy (non-hydrogen) atoms. The van der Waals surface area contributed by atoms with Crippen molar-refractivity contribution in [2.45, 2.75) is 33.6 Å². The molecule has 0 unspecified atom stereocenters. The molecule has 0 atom stereocenters. The summed E-state index contributed by atoms with van der Waals surface area (Å²) in [5.41, 5.74) is 5.65. The van der Waals surface area contributed by atoms with Crippen LogP contribution >= 0.6 is 11.8 Å². The van der Waals surface area contributed by atoms with Crippen molar-refractivity contribution in [3.05, 3.63) is 0 Å². The summed E-state index contributed by atoms with van der Waals surface area (Å²) in [5.74, 6) is 3.83. The monoisotopic (exact) mass is 231 g/mol. The lowest BCUT2D eigenvalue weighted by Gasteiger charge is -2.06. The fraction of sp³-hybridized carbons (Fsp3) is 0.909. The number of nitrogens with zero attached hydrogens (tertiary/aromatic N) is 1. The van der Waals surface area contributed by atoms with Gasteiger partial charge in [0.05, 0.1) is 0 Å². The predicted octanol–water partition coefficient (Wildman–Crippen LogP) is 2.08. The van der Waals surface area contributed by atoms with E-state index in [4.69, 9.17) is 5.73 Å². The van der Waals surface area contributed by atoms with Crippen molar-refractivity contribution >= 4 is 17.7 Å². The van der Waals surface area contributed by atoms with Gasteiger partial charge in [-0.3, -0.25) is 4.99 Å². The molecule has 90 valence electrons. The molecular formula is C11H25N3S. The van der Waals surface area contributed by atoms with Gasteiger partial charge in [-0.1, -0.05) is 20.8 Å². The van der Waals surface area contributed by atoms with E-state index in [0.717, 1.165) is 31.8 Å². The molecule has 0 fully saturated rings. The van der Waals surface area contributed by atoms with Gasteiger partial charge in [-0.25, -0.2) is 0 Å². The Kier molecular flexibility index (Phi) is 9.89. The van der Waals surface area contributed by atoms with E-state index >= 15 is 0 Å². The summed E-state index contributed by atoms with van der Waals surface area (Å²) in [6.07, 6.45) is 2.20. The molecule has 0 spiro atoms. The van der Waals surface area contributed by atoms with E-state index in [1.54, 1.807) is 0 Å². The third-order valence-corrected chi connectivity index (χ3v) is 3.21. The summed E-state index contributed by atoms with van der Waals surface area (Å²) in [4.78, 5) is 4.17. The highest BCUT2D eigenvalue weighted by Crippen LogP contribution is 2.07. The molecule has 4 heteroatoms. The van der Waals surface area contributed by atoms with Gasteiger partial charge in [-0.05, 0) is 30.3 Å². The van der Waals surface area contributed by atoms with Gasteiger partial charge >= 0.3 is 0 Å². The third kappa shape index (κ3) is 11.5. The van der Waals surface area contributed by atoms with Crippen LogP contribution in [-0.2, 0) is 0 Å². The SMILES string of the molecule is CCCN=C(N)NCCCSCC(C)C. The first-order chi connectivity index (χ1) is 7.16. The van der Waals surface area contributed by atoms with Crippen LogP contribution in [0, 0.1) is 5.92 Å². The van der Waals surface area contributed by atoms with Gasteiger partial charge in [0.2, 0.25) is 0 Å². The number of hydrogen-bond donors (Lipinski definition) is 2. The van der Waals surface area contributed by atoms with Crippen molar-refractivity contribution in [1.82, 2.24) is 5.32 Å². The van der Waals surface area contributed by atoms with Crippen molar-refractivity contribution < 1.29 is 0 Å². The van der Waals surface area contributed by atoms with E-state index in [2.05, 4.69) is 31.1 Å². The molecule has 0 amide bonds. The molecule has 0 aromatic rings. The molecule has 0 bridgehead atoms. The first-order valence-corrected chi connectivity index (χ1v) is 6.93. The molecule has 0 heterocycles. The second-order valence-electron chi connectivity index (χ2n) is 4.02. The van der Waals surface area contributed by atoms with Crippen LogP contribution in [0.15, 0.2) is 4.99 Å². The molecule has 0 aromatic heterocycles. The molecule has 0 radical (unpaired) electrons. The van der Waals surface area contributed by atoms with Crippen LogP contribution < -0.4 is 11.1 Å². The van der Waals surface area contributed by atoms with Gasteiger partial charge in [0.15, 0.2) is 5.96 Å². The lowest BCUT2D eigenvalue weighted by molar-refractivity contribution is 0.748. The number of guanidine groups is 1. The molecule has 0 rings (SSSR count). The van der Waals surface area contributed by atoms with E-state index in [1.165, 1.54) is 11.5 Å². The van der Waals surface area contributed by atoms with E-state index in [0.29, 0.717) is 5.96 Å². The first kappa shape index (κ1) is 14.6. The normalized spacial score (nSPS) is 12.1. The summed E-state index contributed by atoms with van der Waals surface area (Å²) in [6.45, 7) is 8.35. The summed E-state index contributed by atoms with van der Waals surface area (Å²) >= 11 is 2.01. The van der Waals surface area contributed by atoms with E-state index in [9.17, 15) is 0 Å². The van der Waals surface area contributed by atoms with Crippen LogP contribution in [0.5, 0.6) is 0 Å². The number of thioether (sulfide) groups is 1. The minimum absolute atomic E-state index is 0.589. The number of nitrogens with one attached hydrogen (secondary N) is 1. The Bertz CT molecular complexity index is 169. The third-order valence-electron chi connectivity index (χ3n) is 1.73. The summed E-state index contributed by atoms with van der Waals surface area (Å²) in [6, 6.07) is 0. The number of nitrogens with two attached hydrogens (primary N) is 1. The average molecular weight is 231 g/mol. The first-order valence-electron chi connectivity index (χ1n) is 5.78. The lowest BCUT2D eigenvalue weighted by atomic mass is 10.3. The maximum atomic E-state index is 5.65. The Hall–Kier alpha value is -0.380. The molecule has 3 N–H and O–H groups in total. The fourth-order valence-electron chi connectivity index (χ4n) is 0.998. The molecule has 0 saturated heterocycles. The maximum Gasteiger partial charge on any atom is 0.188 e. The summed E-state index contributed by atoms with van der Waals surface area (Å²) in [5, 5.41) is 3.12. The second kappa shape index (κ2) is 10.1. The molecule has 0 aromatic carbocycles. The fourth-order valence-corrected chi connectivity index (χ4v) is 1.98. The lowest BCUT2D eigenvalue weighted by Crippen LogP contribution is -2.32. The van der Waals surface area contributed by atoms with Gasteiger partial charge in [0, 0.05) is 13.1 Å². The molecular weight excluding hydrogens is 206 g/mol. The summed E-state index contributed by atoms with van der Waals surface area (Å²) in [7, 11) is 0. The van der Waals surface area contributed by atoms with Crippen LogP contribution in [0.3, 0.4) is 0 Å². The van der Waals surface area contributed by atoms with E-state index in [1.807, 2.05) is 11.8 Å². The standard InChI is InChI=1S/C11H25N3S/c1-4-6-13-11(12)14-7-5-8-15-9-10(2)3/h10H,4-9H2,1-3H3,(H3,12,13,14). The van der Waals surface area contributed by atoms with Crippen LogP contribution in [0.4, 0.5) is 0 Å². The minimum Gasteiger partial charge on any atom is -0.370 e. The highest BCUT2D eigenvalue weighted by molar-refractivity contribution is 7.99. The van der Waals surface area contributed by atoms with Crippen LogP contribution in [0.25, 0.3) is 0 Å². The van der Waals surface area contributed by atoms with Crippen LogP contribution in [-0.4, -0.2) is 30.6 Å². The Morgan fingerprint density at radius 3 is 2.80 bits per heavy atom. The van der Waals surface area contributed by atoms with Crippen molar-refractivity contribution in [1.29, 1.82) is 0 Å². The largest absolute Gasteiger partial charge is 0.370 e. The number of rotatable bonds is 8. The molecule has 0 aliphatic heterocycles. The van der Waals surface area contributed by atoms with Gasteiger partial charge < -0.3 is 11.1 Å². The van der Waals surface area contributed by atoms with Crippen molar-refractivity contribution in [2.75, 3.05) is 24.6 Å². The van der Waals surface area contributed by atoms with Crippen LogP contribution in [0.2, 0.25) is 0 Å². The Morgan fingerprint density at radius 2 is 2.20 bits per heavy atom. The Balaban J connectivity index is 3.23. The molecule has 0 aliphatic rings. The average Bonchev–Trinajstić information content (AvgIpc) is 2.19. The predicted molar refractivity (Wildman–Crippen MR) is 71.6 cm³/mol. The van der Waals surface area contributed by atoms with E-state index < -0.39 is 0 Å². The van der Waals surface area contributed by atoms with Gasteiger partial charge in [-0.15, -0.1) is 0 Å². The topological polar surface area (TPSA) is 50.4 Å². The molecule has 0 aliphatic carbocycles. The summed E-state index contributed by atoms with van der Waals surface area (Å²) < 4.78 is 0. The number of aliphatic imine (C=N–C) groups is 1. The molecule has 0 saturated carbocycles. The quantitative estimate of drug-likeness (QED) is 0.382. The number of hydrogen-bond acceptors (Lipinski definition) is 2.